The number of methoxy groups -OCH3 is 1. The molecule has 1 atom stereocenters. The van der Waals surface area contributed by atoms with Crippen LogP contribution in [0, 0.1) is 12.3 Å². The molecule has 0 fully saturated rings. The molecule has 12 heavy (non-hydrogen) atoms. The van der Waals surface area contributed by atoms with Crippen molar-refractivity contribution < 1.29 is 4.74 Å². The topological polar surface area (TPSA) is 35.2 Å². The second kappa shape index (κ2) is 3.80. The predicted molar refractivity (Wildman–Crippen MR) is 48.8 cm³/mol. The zero-order valence-electron chi connectivity index (χ0n) is 6.95. The summed E-state index contributed by atoms with van der Waals surface area (Å²) in [4.78, 5) is 0. The van der Waals surface area contributed by atoms with Gasteiger partial charge in [-0.1, -0.05) is 18.1 Å². The molecule has 0 saturated heterocycles. The molecule has 0 spiro atoms. The van der Waals surface area contributed by atoms with Crippen LogP contribution in [-0.2, 0) is 0 Å². The van der Waals surface area contributed by atoms with Crippen molar-refractivity contribution in [2.24, 2.45) is 5.73 Å². The molecule has 0 heterocycles. The van der Waals surface area contributed by atoms with Crippen LogP contribution in [0.25, 0.3) is 0 Å². The molecule has 2 N–H and O–H groups in total. The Morgan fingerprint density at radius 3 is 2.92 bits per heavy atom. The standard InChI is InChI=1S/C10H11NO/c1-3-10(11)8-5-4-6-9(7-8)12-2/h1,4-7,10H,11H2,2H3/t10-/m0/s1. The Morgan fingerprint density at radius 1 is 1.58 bits per heavy atom. The van der Waals surface area contributed by atoms with Gasteiger partial charge < -0.3 is 10.5 Å². The molecule has 0 aliphatic carbocycles. The maximum Gasteiger partial charge on any atom is 0.119 e. The molecule has 0 aliphatic rings. The van der Waals surface area contributed by atoms with E-state index < -0.39 is 0 Å². The van der Waals surface area contributed by atoms with E-state index in [1.807, 2.05) is 24.3 Å². The van der Waals surface area contributed by atoms with Gasteiger partial charge in [0.2, 0.25) is 0 Å². The monoisotopic (exact) mass is 161 g/mol. The average Bonchev–Trinajstić information content (AvgIpc) is 2.17. The Labute approximate surface area is 72.3 Å². The summed E-state index contributed by atoms with van der Waals surface area (Å²) in [6.45, 7) is 0. The van der Waals surface area contributed by atoms with Gasteiger partial charge in [0.05, 0.1) is 13.2 Å². The Kier molecular flexibility index (Phi) is 2.73. The Morgan fingerprint density at radius 2 is 2.33 bits per heavy atom. The van der Waals surface area contributed by atoms with E-state index in [1.165, 1.54) is 0 Å². The maximum absolute atomic E-state index is 5.63. The minimum Gasteiger partial charge on any atom is -0.497 e. The summed E-state index contributed by atoms with van der Waals surface area (Å²) in [5.41, 5.74) is 6.53. The highest BCUT2D eigenvalue weighted by Crippen LogP contribution is 2.16. The first kappa shape index (κ1) is 8.63. The molecule has 0 aliphatic heterocycles. The molecule has 2 heteroatoms. The van der Waals surface area contributed by atoms with Gasteiger partial charge in [-0.3, -0.25) is 0 Å². The quantitative estimate of drug-likeness (QED) is 0.664. The average molecular weight is 161 g/mol. The lowest BCUT2D eigenvalue weighted by Crippen LogP contribution is -2.06. The fraction of sp³-hybridized carbons (Fsp3) is 0.200. The summed E-state index contributed by atoms with van der Waals surface area (Å²) in [5, 5.41) is 0. The molecule has 1 aromatic rings. The molecule has 1 aromatic carbocycles. The van der Waals surface area contributed by atoms with Crippen LogP contribution in [0.1, 0.15) is 11.6 Å². The van der Waals surface area contributed by atoms with Gasteiger partial charge in [-0.25, -0.2) is 0 Å². The summed E-state index contributed by atoms with van der Waals surface area (Å²) in [6, 6.07) is 7.09. The molecular weight excluding hydrogens is 150 g/mol. The van der Waals surface area contributed by atoms with Gasteiger partial charge in [-0.15, -0.1) is 6.42 Å². The zero-order chi connectivity index (χ0) is 8.97. The first-order valence-electron chi connectivity index (χ1n) is 3.63. The molecule has 0 bridgehead atoms. The summed E-state index contributed by atoms with van der Waals surface area (Å²) < 4.78 is 5.03. The molecule has 1 rings (SSSR count). The normalized spacial score (nSPS) is 11.8. The molecule has 2 nitrogen and oxygen atoms in total. The Balaban J connectivity index is 2.95. The molecule has 0 aromatic heterocycles. The lowest BCUT2D eigenvalue weighted by Gasteiger charge is -2.06. The smallest absolute Gasteiger partial charge is 0.119 e. The van der Waals surface area contributed by atoms with Crippen molar-refractivity contribution in [1.82, 2.24) is 0 Å². The predicted octanol–water partition coefficient (Wildman–Crippen LogP) is 1.33. The number of hydrogen-bond donors (Lipinski definition) is 1. The van der Waals surface area contributed by atoms with Crippen LogP contribution < -0.4 is 10.5 Å². The van der Waals surface area contributed by atoms with Crippen LogP contribution >= 0.6 is 0 Å². The molecule has 62 valence electrons. The SMILES string of the molecule is C#C[C@H](N)c1cccc(OC)c1. The molecule has 0 unspecified atom stereocenters. The van der Waals surface area contributed by atoms with Gasteiger partial charge in [-0.05, 0) is 17.7 Å². The highest BCUT2D eigenvalue weighted by Gasteiger charge is 2.01. The largest absolute Gasteiger partial charge is 0.497 e. The van der Waals surface area contributed by atoms with Crippen LogP contribution in [0.5, 0.6) is 5.75 Å². The number of terminal acetylenes is 1. The minimum absolute atomic E-state index is 0.347. The Bertz CT molecular complexity index is 301. The van der Waals surface area contributed by atoms with Gasteiger partial charge in [-0.2, -0.15) is 0 Å². The zero-order valence-corrected chi connectivity index (χ0v) is 6.95. The van der Waals surface area contributed by atoms with Gasteiger partial charge in [0.15, 0.2) is 0 Å². The van der Waals surface area contributed by atoms with Crippen LogP contribution in [-0.4, -0.2) is 7.11 Å². The molecule has 0 radical (unpaired) electrons. The summed E-state index contributed by atoms with van der Waals surface area (Å²) in [6.07, 6.45) is 5.18. The van der Waals surface area contributed by atoms with E-state index in [2.05, 4.69) is 5.92 Å². The van der Waals surface area contributed by atoms with E-state index in [4.69, 9.17) is 16.9 Å². The maximum atomic E-state index is 5.63. The number of benzene rings is 1. The lowest BCUT2D eigenvalue weighted by molar-refractivity contribution is 0.414. The van der Waals surface area contributed by atoms with E-state index in [-0.39, 0.29) is 6.04 Å². The minimum atomic E-state index is -0.347. The number of nitrogens with two attached hydrogens (primary N) is 1. The second-order valence-electron chi connectivity index (χ2n) is 2.42. The summed E-state index contributed by atoms with van der Waals surface area (Å²) >= 11 is 0. The summed E-state index contributed by atoms with van der Waals surface area (Å²) in [7, 11) is 1.61. The fourth-order valence-electron chi connectivity index (χ4n) is 0.931. The third-order valence-corrected chi connectivity index (χ3v) is 1.63. The number of rotatable bonds is 2. The van der Waals surface area contributed by atoms with E-state index >= 15 is 0 Å². The molecule has 0 saturated carbocycles. The van der Waals surface area contributed by atoms with E-state index in [1.54, 1.807) is 7.11 Å². The van der Waals surface area contributed by atoms with Crippen molar-refractivity contribution >= 4 is 0 Å². The number of hydrogen-bond acceptors (Lipinski definition) is 2. The third kappa shape index (κ3) is 1.77. The molecular formula is C10H11NO. The van der Waals surface area contributed by atoms with Crippen LogP contribution in [0.4, 0.5) is 0 Å². The van der Waals surface area contributed by atoms with Crippen LogP contribution in [0.2, 0.25) is 0 Å². The van der Waals surface area contributed by atoms with Crippen LogP contribution in [0.3, 0.4) is 0 Å². The summed E-state index contributed by atoms with van der Waals surface area (Å²) in [5.74, 6) is 3.23. The van der Waals surface area contributed by atoms with Gasteiger partial charge in [0, 0.05) is 0 Å². The molecule has 0 amide bonds. The fourth-order valence-corrected chi connectivity index (χ4v) is 0.931. The van der Waals surface area contributed by atoms with Gasteiger partial charge in [0.1, 0.15) is 5.75 Å². The van der Waals surface area contributed by atoms with E-state index in [9.17, 15) is 0 Å². The van der Waals surface area contributed by atoms with Gasteiger partial charge >= 0.3 is 0 Å². The van der Waals surface area contributed by atoms with Crippen molar-refractivity contribution in [2.45, 2.75) is 6.04 Å². The highest BCUT2D eigenvalue weighted by atomic mass is 16.5. The lowest BCUT2D eigenvalue weighted by atomic mass is 10.1. The number of ether oxygens (including phenoxy) is 1. The van der Waals surface area contributed by atoms with Crippen molar-refractivity contribution in [3.05, 3.63) is 29.8 Å². The van der Waals surface area contributed by atoms with Crippen molar-refractivity contribution in [3.8, 4) is 18.1 Å². The van der Waals surface area contributed by atoms with E-state index in [0.717, 1.165) is 11.3 Å². The second-order valence-corrected chi connectivity index (χ2v) is 2.42. The highest BCUT2D eigenvalue weighted by molar-refractivity contribution is 5.33. The van der Waals surface area contributed by atoms with Crippen molar-refractivity contribution in [2.75, 3.05) is 7.11 Å². The third-order valence-electron chi connectivity index (χ3n) is 1.63. The first-order chi connectivity index (χ1) is 5.77. The van der Waals surface area contributed by atoms with Crippen molar-refractivity contribution in [3.63, 3.8) is 0 Å². The Hall–Kier alpha value is -1.46. The first-order valence-corrected chi connectivity index (χ1v) is 3.63. The van der Waals surface area contributed by atoms with Crippen LogP contribution in [0.15, 0.2) is 24.3 Å². The van der Waals surface area contributed by atoms with E-state index in [0.29, 0.717) is 0 Å². The van der Waals surface area contributed by atoms with Gasteiger partial charge in [0.25, 0.3) is 0 Å². The van der Waals surface area contributed by atoms with Crippen molar-refractivity contribution in [1.29, 1.82) is 0 Å².